The Bertz CT molecular complexity index is 414. The van der Waals surface area contributed by atoms with Gasteiger partial charge in [-0.3, -0.25) is 4.79 Å². The zero-order chi connectivity index (χ0) is 12.0. The van der Waals surface area contributed by atoms with Crippen molar-refractivity contribution in [2.45, 2.75) is 13.5 Å². The van der Waals surface area contributed by atoms with E-state index in [0.717, 1.165) is 0 Å². The topological polar surface area (TPSA) is 70.4 Å². The summed E-state index contributed by atoms with van der Waals surface area (Å²) >= 11 is 0. The predicted octanol–water partition coefficient (Wildman–Crippen LogP) is 0.0664. The number of carbonyl (C=O) groups excluding carboxylic acids is 1. The average Bonchev–Trinajstić information content (AvgIpc) is 2.28. The molecule has 0 bridgehead atoms. The summed E-state index contributed by atoms with van der Waals surface area (Å²) in [6, 6.07) is 2.64. The van der Waals surface area contributed by atoms with E-state index in [9.17, 15) is 9.59 Å². The molecule has 0 N–H and O–H groups in total. The van der Waals surface area contributed by atoms with Crippen molar-refractivity contribution in [2.24, 2.45) is 0 Å². The number of hydrogen-bond acceptors (Lipinski definition) is 5. The van der Waals surface area contributed by atoms with Crippen LogP contribution in [0.2, 0.25) is 0 Å². The SMILES string of the molecule is CCOC(=O)c1ccc(=O)n(CCOC)n1. The average molecular weight is 226 g/mol. The Labute approximate surface area is 92.8 Å². The van der Waals surface area contributed by atoms with E-state index >= 15 is 0 Å². The molecule has 1 aromatic rings. The summed E-state index contributed by atoms with van der Waals surface area (Å²) < 4.78 is 10.8. The Balaban J connectivity index is 2.88. The normalized spacial score (nSPS) is 10.1. The Morgan fingerprint density at radius 2 is 2.25 bits per heavy atom. The Kier molecular flexibility index (Phi) is 4.65. The van der Waals surface area contributed by atoms with Crippen LogP contribution in [0.1, 0.15) is 17.4 Å². The fourth-order valence-corrected chi connectivity index (χ4v) is 1.10. The van der Waals surface area contributed by atoms with Crippen molar-refractivity contribution in [1.82, 2.24) is 9.78 Å². The molecular formula is C10H14N2O4. The number of esters is 1. The second-order valence-electron chi connectivity index (χ2n) is 2.99. The molecular weight excluding hydrogens is 212 g/mol. The Morgan fingerprint density at radius 1 is 1.50 bits per heavy atom. The summed E-state index contributed by atoms with van der Waals surface area (Å²) in [6.45, 7) is 2.65. The number of nitrogens with zero attached hydrogens (tertiary/aromatic N) is 2. The zero-order valence-electron chi connectivity index (χ0n) is 9.30. The van der Waals surface area contributed by atoms with E-state index in [2.05, 4.69) is 5.10 Å². The molecule has 0 atom stereocenters. The van der Waals surface area contributed by atoms with Gasteiger partial charge in [-0.2, -0.15) is 5.10 Å². The van der Waals surface area contributed by atoms with E-state index in [4.69, 9.17) is 9.47 Å². The van der Waals surface area contributed by atoms with E-state index in [1.54, 1.807) is 6.92 Å². The van der Waals surface area contributed by atoms with E-state index < -0.39 is 5.97 Å². The first kappa shape index (κ1) is 12.4. The smallest absolute Gasteiger partial charge is 0.358 e. The molecule has 0 spiro atoms. The molecule has 6 heteroatoms. The van der Waals surface area contributed by atoms with Gasteiger partial charge in [0, 0.05) is 13.2 Å². The number of methoxy groups -OCH3 is 1. The lowest BCUT2D eigenvalue weighted by atomic mass is 10.4. The van der Waals surface area contributed by atoms with Crippen molar-refractivity contribution in [2.75, 3.05) is 20.3 Å². The minimum absolute atomic E-state index is 0.123. The maximum Gasteiger partial charge on any atom is 0.358 e. The largest absolute Gasteiger partial charge is 0.461 e. The van der Waals surface area contributed by atoms with Crippen LogP contribution in [0.4, 0.5) is 0 Å². The maximum absolute atomic E-state index is 11.4. The molecule has 0 aliphatic carbocycles. The standard InChI is InChI=1S/C10H14N2O4/c1-3-16-10(14)8-4-5-9(13)12(11-8)6-7-15-2/h4-5H,3,6-7H2,1-2H3. The molecule has 0 unspecified atom stereocenters. The first-order valence-corrected chi connectivity index (χ1v) is 4.93. The molecule has 0 amide bonds. The van der Waals surface area contributed by atoms with Crippen LogP contribution in [0.25, 0.3) is 0 Å². The molecule has 0 aliphatic rings. The summed E-state index contributed by atoms with van der Waals surface area (Å²) in [6.07, 6.45) is 0. The molecule has 0 aliphatic heterocycles. The van der Waals surface area contributed by atoms with Crippen molar-refractivity contribution in [3.8, 4) is 0 Å². The van der Waals surface area contributed by atoms with Gasteiger partial charge in [0.25, 0.3) is 5.56 Å². The third-order valence-electron chi connectivity index (χ3n) is 1.86. The summed E-state index contributed by atoms with van der Waals surface area (Å²) in [5.74, 6) is -0.534. The fraction of sp³-hybridized carbons (Fsp3) is 0.500. The van der Waals surface area contributed by atoms with E-state index in [-0.39, 0.29) is 17.9 Å². The van der Waals surface area contributed by atoms with Crippen molar-refractivity contribution < 1.29 is 14.3 Å². The summed E-state index contributed by atoms with van der Waals surface area (Å²) in [7, 11) is 1.53. The molecule has 0 saturated carbocycles. The minimum Gasteiger partial charge on any atom is -0.461 e. The Morgan fingerprint density at radius 3 is 2.88 bits per heavy atom. The highest BCUT2D eigenvalue weighted by atomic mass is 16.5. The number of ether oxygens (including phenoxy) is 2. The first-order valence-electron chi connectivity index (χ1n) is 4.93. The highest BCUT2D eigenvalue weighted by molar-refractivity contribution is 5.86. The lowest BCUT2D eigenvalue weighted by Gasteiger charge is -2.05. The van der Waals surface area contributed by atoms with Crippen molar-refractivity contribution >= 4 is 5.97 Å². The number of aromatic nitrogens is 2. The second kappa shape index (κ2) is 6.02. The van der Waals surface area contributed by atoms with Crippen molar-refractivity contribution in [3.05, 3.63) is 28.2 Å². The molecule has 0 radical (unpaired) electrons. The van der Waals surface area contributed by atoms with E-state index in [1.807, 2.05) is 0 Å². The van der Waals surface area contributed by atoms with Crippen molar-refractivity contribution in [1.29, 1.82) is 0 Å². The molecule has 1 aromatic heterocycles. The van der Waals surface area contributed by atoms with Crippen molar-refractivity contribution in [3.63, 3.8) is 0 Å². The monoisotopic (exact) mass is 226 g/mol. The third kappa shape index (κ3) is 3.16. The van der Waals surface area contributed by atoms with Gasteiger partial charge in [0.2, 0.25) is 0 Å². The fourth-order valence-electron chi connectivity index (χ4n) is 1.10. The highest BCUT2D eigenvalue weighted by Crippen LogP contribution is 1.94. The van der Waals surface area contributed by atoms with Gasteiger partial charge in [0.15, 0.2) is 5.69 Å². The van der Waals surface area contributed by atoms with Crippen LogP contribution in [-0.2, 0) is 16.0 Å². The number of rotatable bonds is 5. The van der Waals surface area contributed by atoms with Gasteiger partial charge in [-0.25, -0.2) is 9.48 Å². The summed E-state index contributed by atoms with van der Waals surface area (Å²) in [4.78, 5) is 22.7. The molecule has 0 aromatic carbocycles. The van der Waals surface area contributed by atoms with Gasteiger partial charge in [0.05, 0.1) is 19.8 Å². The predicted molar refractivity (Wildman–Crippen MR) is 56.3 cm³/mol. The molecule has 1 rings (SSSR count). The van der Waals surface area contributed by atoms with Crippen LogP contribution < -0.4 is 5.56 Å². The van der Waals surface area contributed by atoms with E-state index in [1.165, 1.54) is 23.9 Å². The Hall–Kier alpha value is -1.69. The summed E-state index contributed by atoms with van der Waals surface area (Å²) in [5, 5.41) is 3.88. The van der Waals surface area contributed by atoms with Crippen LogP contribution >= 0.6 is 0 Å². The maximum atomic E-state index is 11.4. The quantitative estimate of drug-likeness (QED) is 0.664. The number of carbonyl (C=O) groups is 1. The molecule has 0 fully saturated rings. The van der Waals surface area contributed by atoms with E-state index in [0.29, 0.717) is 13.2 Å². The van der Waals surface area contributed by atoms with Crippen LogP contribution in [-0.4, -0.2) is 36.1 Å². The highest BCUT2D eigenvalue weighted by Gasteiger charge is 2.09. The van der Waals surface area contributed by atoms with Gasteiger partial charge in [0.1, 0.15) is 0 Å². The number of hydrogen-bond donors (Lipinski definition) is 0. The van der Waals surface area contributed by atoms with Crippen LogP contribution in [0.5, 0.6) is 0 Å². The molecule has 1 heterocycles. The zero-order valence-corrected chi connectivity index (χ0v) is 9.30. The molecule has 0 saturated heterocycles. The molecule has 16 heavy (non-hydrogen) atoms. The van der Waals surface area contributed by atoms with Crippen LogP contribution in [0.15, 0.2) is 16.9 Å². The third-order valence-corrected chi connectivity index (χ3v) is 1.86. The van der Waals surface area contributed by atoms with Crippen LogP contribution in [0, 0.1) is 0 Å². The molecule has 6 nitrogen and oxygen atoms in total. The van der Waals surface area contributed by atoms with Gasteiger partial charge in [-0.15, -0.1) is 0 Å². The minimum atomic E-state index is -0.534. The second-order valence-corrected chi connectivity index (χ2v) is 2.99. The van der Waals surface area contributed by atoms with Gasteiger partial charge in [-0.05, 0) is 13.0 Å². The van der Waals surface area contributed by atoms with Crippen LogP contribution in [0.3, 0.4) is 0 Å². The lowest BCUT2D eigenvalue weighted by molar-refractivity contribution is 0.0515. The lowest BCUT2D eigenvalue weighted by Crippen LogP contribution is -2.26. The van der Waals surface area contributed by atoms with Gasteiger partial charge in [-0.1, -0.05) is 0 Å². The molecule has 88 valence electrons. The van der Waals surface area contributed by atoms with Gasteiger partial charge >= 0.3 is 5.97 Å². The van der Waals surface area contributed by atoms with Gasteiger partial charge < -0.3 is 9.47 Å². The summed E-state index contributed by atoms with van der Waals surface area (Å²) in [5.41, 5.74) is -0.150. The first-order chi connectivity index (χ1) is 7.69.